The van der Waals surface area contributed by atoms with Crippen molar-refractivity contribution in [1.82, 2.24) is 0 Å². The summed E-state index contributed by atoms with van der Waals surface area (Å²) in [7, 11) is 0. The predicted molar refractivity (Wildman–Crippen MR) is 115 cm³/mol. The molecule has 0 aliphatic heterocycles. The molecule has 0 unspecified atom stereocenters. The summed E-state index contributed by atoms with van der Waals surface area (Å²) >= 11 is 24.0. The molecule has 3 rings (SSSR count). The highest BCUT2D eigenvalue weighted by molar-refractivity contribution is 6.40. The Bertz CT molecular complexity index is 1030. The van der Waals surface area contributed by atoms with Crippen molar-refractivity contribution in [3.05, 3.63) is 91.9 Å². The highest BCUT2D eigenvalue weighted by Gasteiger charge is 2.13. The van der Waals surface area contributed by atoms with Gasteiger partial charge in [0.15, 0.2) is 0 Å². The molecule has 0 fully saturated rings. The van der Waals surface area contributed by atoms with E-state index in [4.69, 9.17) is 46.4 Å². The minimum Gasteiger partial charge on any atom is -0.322 e. The molecule has 0 aliphatic carbocycles. The molecule has 3 aromatic carbocycles. The molecule has 0 saturated carbocycles. The third kappa shape index (κ3) is 4.78. The molecule has 0 heterocycles. The van der Waals surface area contributed by atoms with Gasteiger partial charge in [-0.1, -0.05) is 52.5 Å². The maximum atomic E-state index is 12.4. The fourth-order valence-electron chi connectivity index (χ4n) is 2.38. The van der Waals surface area contributed by atoms with Gasteiger partial charge in [0.05, 0.1) is 26.3 Å². The number of hydrogen-bond donors (Lipinski definition) is 2. The van der Waals surface area contributed by atoms with Gasteiger partial charge in [0, 0.05) is 16.3 Å². The standard InChI is InChI=1S/C20H12Cl4N2O2/c21-12-6-9-14(17(24)10-12)20(28)25-13-7-4-11(5-8-13)19(27)26-18-15(22)2-1-3-16(18)23/h1-10H,(H,25,28)(H,26,27). The van der Waals surface area contributed by atoms with Crippen molar-refractivity contribution in [2.24, 2.45) is 0 Å². The minimum atomic E-state index is -0.387. The number of para-hydroxylation sites is 1. The third-order valence-electron chi connectivity index (χ3n) is 3.78. The summed E-state index contributed by atoms with van der Waals surface area (Å²) in [6, 6.07) is 15.9. The molecule has 0 aliphatic rings. The van der Waals surface area contributed by atoms with Crippen LogP contribution in [-0.2, 0) is 0 Å². The summed E-state index contributed by atoms with van der Waals surface area (Å²) < 4.78 is 0. The van der Waals surface area contributed by atoms with Crippen molar-refractivity contribution >= 4 is 69.6 Å². The van der Waals surface area contributed by atoms with Gasteiger partial charge in [-0.15, -0.1) is 0 Å². The zero-order chi connectivity index (χ0) is 20.3. The van der Waals surface area contributed by atoms with Crippen LogP contribution in [0.1, 0.15) is 20.7 Å². The van der Waals surface area contributed by atoms with Gasteiger partial charge in [-0.25, -0.2) is 0 Å². The number of carbonyl (C=O) groups is 2. The first-order valence-electron chi connectivity index (χ1n) is 7.97. The largest absolute Gasteiger partial charge is 0.322 e. The molecule has 0 spiro atoms. The van der Waals surface area contributed by atoms with Gasteiger partial charge in [-0.2, -0.15) is 0 Å². The van der Waals surface area contributed by atoms with Gasteiger partial charge in [0.2, 0.25) is 0 Å². The Morgan fingerprint density at radius 1 is 0.679 bits per heavy atom. The van der Waals surface area contributed by atoms with Crippen LogP contribution >= 0.6 is 46.4 Å². The van der Waals surface area contributed by atoms with Crippen LogP contribution in [0.2, 0.25) is 20.1 Å². The van der Waals surface area contributed by atoms with Crippen molar-refractivity contribution in [3.63, 3.8) is 0 Å². The molecule has 0 radical (unpaired) electrons. The van der Waals surface area contributed by atoms with Gasteiger partial charge < -0.3 is 10.6 Å². The second-order valence-corrected chi connectivity index (χ2v) is 7.36. The van der Waals surface area contributed by atoms with Crippen molar-refractivity contribution in [1.29, 1.82) is 0 Å². The second kappa shape index (κ2) is 8.84. The summed E-state index contributed by atoms with van der Waals surface area (Å²) in [5, 5.41) is 6.75. The average molecular weight is 454 g/mol. The Morgan fingerprint density at radius 2 is 1.32 bits per heavy atom. The first-order chi connectivity index (χ1) is 13.3. The van der Waals surface area contributed by atoms with Gasteiger partial charge in [-0.05, 0) is 54.6 Å². The van der Waals surface area contributed by atoms with E-state index in [2.05, 4.69) is 10.6 Å². The summed E-state index contributed by atoms with van der Waals surface area (Å²) in [4.78, 5) is 24.7. The number of benzene rings is 3. The quantitative estimate of drug-likeness (QED) is 0.456. The number of halogens is 4. The summed E-state index contributed by atoms with van der Waals surface area (Å²) in [6.45, 7) is 0. The van der Waals surface area contributed by atoms with Crippen LogP contribution in [0.15, 0.2) is 60.7 Å². The third-order valence-corrected chi connectivity index (χ3v) is 4.96. The van der Waals surface area contributed by atoms with Crippen molar-refractivity contribution in [2.45, 2.75) is 0 Å². The van der Waals surface area contributed by atoms with Gasteiger partial charge in [0.25, 0.3) is 11.8 Å². The zero-order valence-electron chi connectivity index (χ0n) is 14.1. The number of rotatable bonds is 4. The van der Waals surface area contributed by atoms with Crippen LogP contribution in [-0.4, -0.2) is 11.8 Å². The maximum absolute atomic E-state index is 12.4. The number of carbonyl (C=O) groups excluding carboxylic acids is 2. The molecule has 8 heteroatoms. The molecule has 0 saturated heterocycles. The number of hydrogen-bond acceptors (Lipinski definition) is 2. The molecule has 142 valence electrons. The fraction of sp³-hybridized carbons (Fsp3) is 0. The van der Waals surface area contributed by atoms with E-state index in [1.807, 2.05) is 0 Å². The molecule has 0 bridgehead atoms. The smallest absolute Gasteiger partial charge is 0.257 e. The lowest BCUT2D eigenvalue weighted by Crippen LogP contribution is -2.14. The molecule has 3 aromatic rings. The average Bonchev–Trinajstić information content (AvgIpc) is 2.65. The molecular weight excluding hydrogens is 442 g/mol. The van der Waals surface area contributed by atoms with E-state index in [0.717, 1.165) is 0 Å². The lowest BCUT2D eigenvalue weighted by Gasteiger charge is -2.10. The highest BCUT2D eigenvalue weighted by Crippen LogP contribution is 2.30. The Kier molecular flexibility index (Phi) is 6.47. The van der Waals surface area contributed by atoms with Crippen LogP contribution in [0.25, 0.3) is 0 Å². The van der Waals surface area contributed by atoms with Gasteiger partial charge >= 0.3 is 0 Å². The topological polar surface area (TPSA) is 58.2 Å². The van der Waals surface area contributed by atoms with Crippen LogP contribution in [0.4, 0.5) is 11.4 Å². The first-order valence-corrected chi connectivity index (χ1v) is 9.48. The minimum absolute atomic E-state index is 0.248. The first kappa shape index (κ1) is 20.5. The highest BCUT2D eigenvalue weighted by atomic mass is 35.5. The van der Waals surface area contributed by atoms with Crippen LogP contribution in [0, 0.1) is 0 Å². The SMILES string of the molecule is O=C(Nc1c(Cl)cccc1Cl)c1ccc(NC(=O)c2ccc(Cl)cc2Cl)cc1. The fourth-order valence-corrected chi connectivity index (χ4v) is 3.37. The molecule has 0 aromatic heterocycles. The predicted octanol–water partition coefficient (Wildman–Crippen LogP) is 6.80. The number of amides is 2. The monoisotopic (exact) mass is 452 g/mol. The van der Waals surface area contributed by atoms with Crippen molar-refractivity contribution in [3.8, 4) is 0 Å². The maximum Gasteiger partial charge on any atom is 0.257 e. The van der Waals surface area contributed by atoms with Gasteiger partial charge in [0.1, 0.15) is 0 Å². The van der Waals surface area contributed by atoms with Crippen LogP contribution < -0.4 is 10.6 Å². The van der Waals surface area contributed by atoms with Gasteiger partial charge in [-0.3, -0.25) is 9.59 Å². The van der Waals surface area contributed by atoms with E-state index >= 15 is 0 Å². The summed E-state index contributed by atoms with van der Waals surface area (Å²) in [6.07, 6.45) is 0. The van der Waals surface area contributed by atoms with E-state index in [1.165, 1.54) is 12.1 Å². The Balaban J connectivity index is 1.71. The van der Waals surface area contributed by atoms with E-state index < -0.39 is 0 Å². The Morgan fingerprint density at radius 3 is 1.93 bits per heavy atom. The molecule has 28 heavy (non-hydrogen) atoms. The normalized spacial score (nSPS) is 10.4. The molecule has 0 atom stereocenters. The van der Waals surface area contributed by atoms with Crippen LogP contribution in [0.3, 0.4) is 0 Å². The van der Waals surface area contributed by atoms with E-state index in [9.17, 15) is 9.59 Å². The number of nitrogens with one attached hydrogen (secondary N) is 2. The Labute approximate surface area is 181 Å². The van der Waals surface area contributed by atoms with E-state index in [-0.39, 0.29) is 16.8 Å². The van der Waals surface area contributed by atoms with Crippen LogP contribution in [0.5, 0.6) is 0 Å². The summed E-state index contributed by atoms with van der Waals surface area (Å²) in [5.74, 6) is -0.768. The van der Waals surface area contributed by atoms with E-state index in [1.54, 1.807) is 48.5 Å². The lowest BCUT2D eigenvalue weighted by molar-refractivity contribution is 0.102. The molecular formula is C20H12Cl4N2O2. The number of anilines is 2. The zero-order valence-corrected chi connectivity index (χ0v) is 17.1. The van der Waals surface area contributed by atoms with E-state index in [0.29, 0.717) is 37.6 Å². The lowest BCUT2D eigenvalue weighted by atomic mass is 10.1. The summed E-state index contributed by atoms with van der Waals surface area (Å²) in [5.41, 5.74) is 1.51. The molecule has 2 amide bonds. The van der Waals surface area contributed by atoms with Crippen molar-refractivity contribution in [2.75, 3.05) is 10.6 Å². The molecule has 2 N–H and O–H groups in total. The van der Waals surface area contributed by atoms with Crippen molar-refractivity contribution < 1.29 is 9.59 Å². The molecule has 4 nitrogen and oxygen atoms in total. The Hall–Kier alpha value is -2.24. The second-order valence-electron chi connectivity index (χ2n) is 5.71.